The maximum atomic E-state index is 13.0. The molecule has 0 N–H and O–H groups in total. The van der Waals surface area contributed by atoms with Crippen LogP contribution in [0.3, 0.4) is 0 Å². The maximum Gasteiger partial charge on any atom is 0.167 e. The number of pyridine rings is 2. The van der Waals surface area contributed by atoms with Gasteiger partial charge in [-0.15, -0.1) is 4.91 Å². The van der Waals surface area contributed by atoms with E-state index in [4.69, 9.17) is 0 Å². The Bertz CT molecular complexity index is 472. The van der Waals surface area contributed by atoms with Gasteiger partial charge in [-0.05, 0) is 11.2 Å². The lowest BCUT2D eigenvalue weighted by Crippen LogP contribution is -1.85. The van der Waals surface area contributed by atoms with E-state index in [0.29, 0.717) is 5.39 Å². The van der Waals surface area contributed by atoms with Crippen LogP contribution in [0, 0.1) is 10.7 Å². The van der Waals surface area contributed by atoms with Gasteiger partial charge in [0, 0.05) is 11.6 Å². The Labute approximate surface area is 72.4 Å². The molecule has 5 heteroatoms. The first-order valence-corrected chi connectivity index (χ1v) is 3.54. The highest BCUT2D eigenvalue weighted by molar-refractivity contribution is 5.80. The molecule has 2 aromatic rings. The zero-order chi connectivity index (χ0) is 9.26. The van der Waals surface area contributed by atoms with Gasteiger partial charge in [-0.25, -0.2) is 4.39 Å². The minimum absolute atomic E-state index is 0.167. The number of hydrogen-bond donors (Lipinski definition) is 0. The van der Waals surface area contributed by atoms with Crippen LogP contribution in [-0.4, -0.2) is 9.97 Å². The molecule has 2 aromatic heterocycles. The fraction of sp³-hybridized carbons (Fsp3) is 0. The van der Waals surface area contributed by atoms with Gasteiger partial charge in [-0.2, -0.15) is 0 Å². The third-order valence-corrected chi connectivity index (χ3v) is 1.64. The summed E-state index contributed by atoms with van der Waals surface area (Å²) in [6, 6.07) is 1.44. The standard InChI is InChI=1S/C8H4FN3O/c9-7-4-10-2-5-1-6(12-13)3-11-8(5)7/h1-4H. The van der Waals surface area contributed by atoms with Crippen molar-refractivity contribution >= 4 is 16.6 Å². The number of rotatable bonds is 1. The molecular weight excluding hydrogens is 173 g/mol. The summed E-state index contributed by atoms with van der Waals surface area (Å²) in [4.78, 5) is 17.5. The van der Waals surface area contributed by atoms with Crippen LogP contribution >= 0.6 is 0 Å². The molecule has 0 aliphatic heterocycles. The highest BCUT2D eigenvalue weighted by atomic mass is 19.1. The number of nitroso groups, excluding NO2 is 1. The quantitative estimate of drug-likeness (QED) is 0.627. The molecule has 0 spiro atoms. The lowest BCUT2D eigenvalue weighted by Gasteiger charge is -1.96. The van der Waals surface area contributed by atoms with Crippen LogP contribution in [0.1, 0.15) is 0 Å². The smallest absolute Gasteiger partial charge is 0.167 e. The molecule has 64 valence electrons. The van der Waals surface area contributed by atoms with E-state index in [1.807, 2.05) is 0 Å². The normalized spacial score (nSPS) is 10.2. The van der Waals surface area contributed by atoms with Crippen LogP contribution in [0.4, 0.5) is 10.1 Å². The molecule has 0 amide bonds. The van der Waals surface area contributed by atoms with E-state index in [0.717, 1.165) is 6.20 Å². The van der Waals surface area contributed by atoms with Crippen LogP contribution in [0.2, 0.25) is 0 Å². The van der Waals surface area contributed by atoms with Crippen molar-refractivity contribution in [2.75, 3.05) is 0 Å². The van der Waals surface area contributed by atoms with Crippen LogP contribution in [0.5, 0.6) is 0 Å². The second kappa shape index (κ2) is 2.85. The number of aromatic nitrogens is 2. The number of fused-ring (bicyclic) bond motifs is 1. The van der Waals surface area contributed by atoms with Crippen LogP contribution < -0.4 is 0 Å². The fourth-order valence-electron chi connectivity index (χ4n) is 1.06. The summed E-state index contributed by atoms with van der Waals surface area (Å²) in [6.45, 7) is 0. The highest BCUT2D eigenvalue weighted by Gasteiger charge is 2.02. The number of hydrogen-bond acceptors (Lipinski definition) is 4. The molecule has 0 unspecified atom stereocenters. The predicted molar refractivity (Wildman–Crippen MR) is 45.0 cm³/mol. The average molecular weight is 177 g/mol. The maximum absolute atomic E-state index is 13.0. The Hall–Kier alpha value is -1.91. The van der Waals surface area contributed by atoms with Gasteiger partial charge >= 0.3 is 0 Å². The van der Waals surface area contributed by atoms with E-state index < -0.39 is 5.82 Å². The van der Waals surface area contributed by atoms with Gasteiger partial charge < -0.3 is 0 Å². The average Bonchev–Trinajstić information content (AvgIpc) is 2.18. The van der Waals surface area contributed by atoms with Crippen molar-refractivity contribution < 1.29 is 4.39 Å². The summed E-state index contributed by atoms with van der Waals surface area (Å²) in [5.41, 5.74) is 0.363. The van der Waals surface area contributed by atoms with Gasteiger partial charge in [-0.3, -0.25) is 9.97 Å². The molecule has 0 saturated carbocycles. The van der Waals surface area contributed by atoms with Crippen molar-refractivity contribution in [2.24, 2.45) is 5.18 Å². The topological polar surface area (TPSA) is 55.2 Å². The van der Waals surface area contributed by atoms with E-state index in [-0.39, 0.29) is 11.2 Å². The van der Waals surface area contributed by atoms with E-state index in [2.05, 4.69) is 15.1 Å². The predicted octanol–water partition coefficient (Wildman–Crippen LogP) is 2.17. The molecule has 0 atom stereocenters. The Morgan fingerprint density at radius 3 is 2.92 bits per heavy atom. The third kappa shape index (κ3) is 1.24. The lowest BCUT2D eigenvalue weighted by molar-refractivity contribution is 0.631. The summed E-state index contributed by atoms with van der Waals surface area (Å²) < 4.78 is 13.0. The van der Waals surface area contributed by atoms with Gasteiger partial charge in [0.25, 0.3) is 0 Å². The molecule has 13 heavy (non-hydrogen) atoms. The largest absolute Gasteiger partial charge is 0.261 e. The monoisotopic (exact) mass is 177 g/mol. The second-order valence-electron chi connectivity index (χ2n) is 2.48. The molecule has 0 radical (unpaired) electrons. The van der Waals surface area contributed by atoms with Crippen molar-refractivity contribution in [1.82, 2.24) is 9.97 Å². The molecular formula is C8H4FN3O. The molecule has 0 aliphatic carbocycles. The van der Waals surface area contributed by atoms with Crippen LogP contribution in [0.15, 0.2) is 29.8 Å². The van der Waals surface area contributed by atoms with Crippen molar-refractivity contribution in [3.05, 3.63) is 35.4 Å². The number of halogens is 1. The van der Waals surface area contributed by atoms with E-state index >= 15 is 0 Å². The first kappa shape index (κ1) is 7.72. The minimum atomic E-state index is -0.505. The first-order valence-electron chi connectivity index (χ1n) is 3.54. The summed E-state index contributed by atoms with van der Waals surface area (Å²) in [6.07, 6.45) is 3.72. The minimum Gasteiger partial charge on any atom is -0.261 e. The Kier molecular flexibility index (Phi) is 1.70. The molecule has 4 nitrogen and oxygen atoms in total. The van der Waals surface area contributed by atoms with Gasteiger partial charge in [0.05, 0.1) is 12.4 Å². The van der Waals surface area contributed by atoms with Gasteiger partial charge in [0.1, 0.15) is 11.2 Å². The fourth-order valence-corrected chi connectivity index (χ4v) is 1.06. The SMILES string of the molecule is O=Nc1cnc2c(F)cncc2c1. The molecule has 0 saturated heterocycles. The lowest BCUT2D eigenvalue weighted by atomic mass is 10.2. The van der Waals surface area contributed by atoms with Crippen LogP contribution in [-0.2, 0) is 0 Å². The summed E-state index contributed by atoms with van der Waals surface area (Å²) in [5.74, 6) is -0.505. The van der Waals surface area contributed by atoms with Crippen molar-refractivity contribution in [2.45, 2.75) is 0 Å². The summed E-state index contributed by atoms with van der Waals surface area (Å²) >= 11 is 0. The van der Waals surface area contributed by atoms with Crippen molar-refractivity contribution in [3.63, 3.8) is 0 Å². The zero-order valence-electron chi connectivity index (χ0n) is 6.44. The van der Waals surface area contributed by atoms with Crippen molar-refractivity contribution in [3.8, 4) is 0 Å². The van der Waals surface area contributed by atoms with E-state index in [1.54, 1.807) is 0 Å². The van der Waals surface area contributed by atoms with E-state index in [9.17, 15) is 9.30 Å². The summed E-state index contributed by atoms with van der Waals surface area (Å²) in [7, 11) is 0. The Morgan fingerprint density at radius 1 is 1.31 bits per heavy atom. The van der Waals surface area contributed by atoms with Crippen molar-refractivity contribution in [1.29, 1.82) is 0 Å². The third-order valence-electron chi connectivity index (χ3n) is 1.64. The van der Waals surface area contributed by atoms with Gasteiger partial charge in [0.15, 0.2) is 5.82 Å². The molecule has 0 aliphatic rings. The van der Waals surface area contributed by atoms with Gasteiger partial charge in [0.2, 0.25) is 0 Å². The molecule has 0 fully saturated rings. The first-order chi connectivity index (χ1) is 6.31. The van der Waals surface area contributed by atoms with Crippen LogP contribution in [0.25, 0.3) is 10.9 Å². The summed E-state index contributed by atoms with van der Waals surface area (Å²) in [5, 5.41) is 3.16. The Balaban J connectivity index is 2.79. The zero-order valence-corrected chi connectivity index (χ0v) is 6.44. The molecule has 0 bridgehead atoms. The van der Waals surface area contributed by atoms with Gasteiger partial charge in [-0.1, -0.05) is 0 Å². The Morgan fingerprint density at radius 2 is 2.15 bits per heavy atom. The molecule has 2 rings (SSSR count). The second-order valence-corrected chi connectivity index (χ2v) is 2.48. The molecule has 2 heterocycles. The molecule has 0 aromatic carbocycles. The number of nitrogens with zero attached hydrogens (tertiary/aromatic N) is 3. The van der Waals surface area contributed by atoms with E-state index in [1.165, 1.54) is 18.5 Å². The highest BCUT2D eigenvalue weighted by Crippen LogP contribution is 2.18.